The number of nitrogens with one attached hydrogen (secondary N) is 2. The molecule has 4 aromatic rings. The Morgan fingerprint density at radius 1 is 1.19 bits per heavy atom. The van der Waals surface area contributed by atoms with Gasteiger partial charge < -0.3 is 20.8 Å². The summed E-state index contributed by atoms with van der Waals surface area (Å²) in [4.78, 5) is 42.5. The van der Waals surface area contributed by atoms with Crippen molar-refractivity contribution in [3.05, 3.63) is 64.7 Å². The molecule has 1 atom stereocenters. The summed E-state index contributed by atoms with van der Waals surface area (Å²) in [6, 6.07) is 8.99. The first kappa shape index (κ1) is 29.0. The molecule has 10 nitrogen and oxygen atoms in total. The zero-order valence-electron chi connectivity index (χ0n) is 23.0. The Labute approximate surface area is 239 Å². The number of nitrogens with zero attached hydrogens (tertiary/aromatic N) is 4. The third-order valence-electron chi connectivity index (χ3n) is 6.97. The van der Waals surface area contributed by atoms with Gasteiger partial charge in [-0.05, 0) is 49.6 Å². The van der Waals surface area contributed by atoms with E-state index in [1.54, 1.807) is 18.2 Å². The number of halogens is 3. The van der Waals surface area contributed by atoms with Gasteiger partial charge in [-0.1, -0.05) is 32.4 Å². The summed E-state index contributed by atoms with van der Waals surface area (Å²) < 4.78 is 47.0. The van der Waals surface area contributed by atoms with E-state index in [0.29, 0.717) is 24.4 Å². The number of para-hydroxylation sites is 1. The number of nitrogens with two attached hydrogens (primary N) is 1. The molecule has 0 bridgehead atoms. The lowest BCUT2D eigenvalue weighted by molar-refractivity contribution is -0.137. The lowest BCUT2D eigenvalue weighted by Crippen LogP contribution is -2.48. The molecule has 5 rings (SSSR count). The average molecular weight is 582 g/mol. The number of amides is 1. The summed E-state index contributed by atoms with van der Waals surface area (Å²) in [5.74, 6) is 0.0256. The first-order chi connectivity index (χ1) is 20.0. The monoisotopic (exact) mass is 581 g/mol. The largest absolute Gasteiger partial charge is 0.437 e. The fraction of sp³-hybridized carbons (Fsp3) is 0.345. The minimum absolute atomic E-state index is 0.0216. The fourth-order valence-electron chi connectivity index (χ4n) is 5.07. The Morgan fingerprint density at radius 3 is 2.76 bits per heavy atom. The molecule has 1 aliphatic heterocycles. The average Bonchev–Trinajstić information content (AvgIpc) is 2.94. The highest BCUT2D eigenvalue weighted by molar-refractivity contribution is 5.98. The summed E-state index contributed by atoms with van der Waals surface area (Å²) in [5.41, 5.74) is 5.39. The molecule has 2 aromatic heterocycles. The van der Waals surface area contributed by atoms with Crippen molar-refractivity contribution in [2.24, 2.45) is 5.92 Å². The van der Waals surface area contributed by atoms with Gasteiger partial charge in [-0.3, -0.25) is 14.5 Å². The van der Waals surface area contributed by atoms with E-state index in [2.05, 4.69) is 44.0 Å². The molecular formula is C29H30F3N7O3. The molecule has 1 aliphatic rings. The predicted molar refractivity (Wildman–Crippen MR) is 152 cm³/mol. The van der Waals surface area contributed by atoms with Crippen LogP contribution in [0.15, 0.2) is 53.6 Å². The van der Waals surface area contributed by atoms with Gasteiger partial charge in [0.1, 0.15) is 11.8 Å². The van der Waals surface area contributed by atoms with Gasteiger partial charge in [-0.15, -0.1) is 0 Å². The molecule has 2 aromatic carbocycles. The van der Waals surface area contributed by atoms with Crippen molar-refractivity contribution in [3.8, 4) is 22.9 Å². The number of hydrogen-bond donors (Lipinski definition) is 3. The maximum atomic E-state index is 13.7. The number of hydrogen-bond acceptors (Lipinski definition) is 8. The standard InChI is InChI=1S/C29H30F3N7O3/c1-16(2)14-39-11-4-3-7-22(39)27(40)37-21-12-17(29(30,31)32)9-10-18(21)20-13-24(35-15-34-20)42-23-8-5-6-19-25(23)38-26(33)28(41)36-19/h5-6,8-10,12-13,15-16,22H,3-4,7,11,14H2,1-2H3,(H2,33,38)(H,36,41)(H,37,40)/t22-/m0/s1. The summed E-state index contributed by atoms with van der Waals surface area (Å²) >= 11 is 0. The van der Waals surface area contributed by atoms with Crippen LogP contribution in [0.5, 0.6) is 11.6 Å². The summed E-state index contributed by atoms with van der Waals surface area (Å²) in [6.07, 6.45) is -0.973. The Balaban J connectivity index is 1.49. The SMILES string of the molecule is CC(C)CN1CCCC[C@H]1C(=O)Nc1cc(C(F)(F)F)ccc1-c1cc(Oc2cccc3[nH]c(=O)c(N)nc23)ncn1. The first-order valence-electron chi connectivity index (χ1n) is 13.5. The van der Waals surface area contributed by atoms with Crippen molar-refractivity contribution in [2.45, 2.75) is 45.3 Å². The van der Waals surface area contributed by atoms with Gasteiger partial charge in [0.25, 0.3) is 5.56 Å². The number of aromatic amines is 1. The zero-order valence-corrected chi connectivity index (χ0v) is 23.0. The van der Waals surface area contributed by atoms with Gasteiger partial charge in [-0.25, -0.2) is 15.0 Å². The molecule has 220 valence electrons. The van der Waals surface area contributed by atoms with E-state index in [0.717, 1.165) is 31.5 Å². The number of aromatic nitrogens is 4. The lowest BCUT2D eigenvalue weighted by Gasteiger charge is -2.35. The molecule has 1 amide bonds. The molecule has 4 N–H and O–H groups in total. The molecule has 0 aliphatic carbocycles. The van der Waals surface area contributed by atoms with Crippen LogP contribution in [-0.2, 0) is 11.0 Å². The molecule has 1 saturated heterocycles. The minimum atomic E-state index is -4.61. The van der Waals surface area contributed by atoms with Gasteiger partial charge >= 0.3 is 6.18 Å². The van der Waals surface area contributed by atoms with Gasteiger partial charge in [-0.2, -0.15) is 13.2 Å². The van der Waals surface area contributed by atoms with Crippen LogP contribution in [0.1, 0.15) is 38.7 Å². The third kappa shape index (κ3) is 6.35. The van der Waals surface area contributed by atoms with E-state index in [9.17, 15) is 22.8 Å². The highest BCUT2D eigenvalue weighted by Gasteiger charge is 2.33. The molecule has 13 heteroatoms. The van der Waals surface area contributed by atoms with Crippen molar-refractivity contribution in [1.82, 2.24) is 24.8 Å². The number of fused-ring (bicyclic) bond motifs is 1. The van der Waals surface area contributed by atoms with Crippen LogP contribution in [0.4, 0.5) is 24.7 Å². The molecule has 0 unspecified atom stereocenters. The first-order valence-corrected chi connectivity index (χ1v) is 13.5. The topological polar surface area (TPSA) is 139 Å². The van der Waals surface area contributed by atoms with Crippen LogP contribution < -0.4 is 21.3 Å². The molecule has 0 radical (unpaired) electrons. The number of ether oxygens (including phenoxy) is 1. The molecular weight excluding hydrogens is 551 g/mol. The van der Waals surface area contributed by atoms with E-state index in [4.69, 9.17) is 10.5 Å². The molecule has 0 spiro atoms. The molecule has 3 heterocycles. The maximum absolute atomic E-state index is 13.7. The number of nitrogen functional groups attached to an aromatic ring is 1. The lowest BCUT2D eigenvalue weighted by atomic mass is 9.99. The minimum Gasteiger partial charge on any atom is -0.437 e. The van der Waals surface area contributed by atoms with E-state index >= 15 is 0 Å². The van der Waals surface area contributed by atoms with Crippen LogP contribution in [-0.4, -0.2) is 49.9 Å². The van der Waals surface area contributed by atoms with E-state index < -0.39 is 23.3 Å². The van der Waals surface area contributed by atoms with E-state index in [1.165, 1.54) is 18.5 Å². The van der Waals surface area contributed by atoms with Gasteiger partial charge in [0.15, 0.2) is 11.6 Å². The number of benzene rings is 2. The second-order valence-electron chi connectivity index (χ2n) is 10.6. The van der Waals surface area contributed by atoms with Crippen LogP contribution in [0.25, 0.3) is 22.3 Å². The van der Waals surface area contributed by atoms with Gasteiger partial charge in [0, 0.05) is 18.2 Å². The Kier molecular flexibility index (Phi) is 8.12. The summed E-state index contributed by atoms with van der Waals surface area (Å²) in [7, 11) is 0. The van der Waals surface area contributed by atoms with Crippen LogP contribution in [0, 0.1) is 5.92 Å². The maximum Gasteiger partial charge on any atom is 0.416 e. The van der Waals surface area contributed by atoms with Crippen LogP contribution in [0.3, 0.4) is 0 Å². The molecule has 0 saturated carbocycles. The van der Waals surface area contributed by atoms with Gasteiger partial charge in [0.05, 0.1) is 28.5 Å². The zero-order chi connectivity index (χ0) is 30.0. The normalized spacial score (nSPS) is 16.1. The van der Waals surface area contributed by atoms with Crippen LogP contribution >= 0.6 is 0 Å². The van der Waals surface area contributed by atoms with Crippen molar-refractivity contribution in [2.75, 3.05) is 24.1 Å². The van der Waals surface area contributed by atoms with Gasteiger partial charge in [0.2, 0.25) is 11.8 Å². The number of likely N-dealkylation sites (tertiary alicyclic amines) is 1. The van der Waals surface area contributed by atoms with E-state index in [1.807, 2.05) is 0 Å². The number of rotatable bonds is 7. The quantitative estimate of drug-likeness (QED) is 0.270. The highest BCUT2D eigenvalue weighted by Crippen LogP contribution is 2.37. The highest BCUT2D eigenvalue weighted by atomic mass is 19.4. The molecule has 42 heavy (non-hydrogen) atoms. The Hall–Kier alpha value is -4.52. The number of H-pyrrole nitrogens is 1. The van der Waals surface area contributed by atoms with E-state index in [-0.39, 0.29) is 45.8 Å². The number of piperidine rings is 1. The van der Waals surface area contributed by atoms with Crippen molar-refractivity contribution in [3.63, 3.8) is 0 Å². The number of alkyl halides is 3. The number of carbonyl (C=O) groups is 1. The summed E-state index contributed by atoms with van der Waals surface area (Å²) in [5, 5.41) is 2.76. The fourth-order valence-corrected chi connectivity index (χ4v) is 5.07. The second kappa shape index (κ2) is 11.8. The Morgan fingerprint density at radius 2 is 2.00 bits per heavy atom. The van der Waals surface area contributed by atoms with Crippen molar-refractivity contribution < 1.29 is 22.7 Å². The van der Waals surface area contributed by atoms with Crippen molar-refractivity contribution >= 4 is 28.4 Å². The second-order valence-corrected chi connectivity index (χ2v) is 10.6. The predicted octanol–water partition coefficient (Wildman–Crippen LogP) is 5.22. The van der Waals surface area contributed by atoms with Crippen LogP contribution in [0.2, 0.25) is 0 Å². The number of carbonyl (C=O) groups excluding carboxylic acids is 1. The molecule has 1 fully saturated rings. The number of anilines is 2. The summed E-state index contributed by atoms with van der Waals surface area (Å²) in [6.45, 7) is 5.58. The Bertz CT molecular complexity index is 1670. The van der Waals surface area contributed by atoms with Crippen molar-refractivity contribution in [1.29, 1.82) is 0 Å². The smallest absolute Gasteiger partial charge is 0.416 e. The third-order valence-corrected chi connectivity index (χ3v) is 6.97.